The highest BCUT2D eigenvalue weighted by Gasteiger charge is 2.10. The van der Waals surface area contributed by atoms with Crippen molar-refractivity contribution in [2.24, 2.45) is 5.73 Å². The maximum Gasteiger partial charge on any atom is 0.109 e. The third-order valence-electron chi connectivity index (χ3n) is 2.56. The Morgan fingerprint density at radius 3 is 2.72 bits per heavy atom. The Bertz CT molecular complexity index is 504. The SMILES string of the molecule is Cc1cnc(C(C)NCc2csc(C(C)N)n2)s1. The van der Waals surface area contributed by atoms with E-state index in [4.69, 9.17) is 5.73 Å². The Labute approximate surface area is 115 Å². The summed E-state index contributed by atoms with van der Waals surface area (Å²) in [4.78, 5) is 10.1. The van der Waals surface area contributed by atoms with Crippen LogP contribution < -0.4 is 11.1 Å². The summed E-state index contributed by atoms with van der Waals surface area (Å²) in [6.45, 7) is 6.90. The third-order valence-corrected chi connectivity index (χ3v) is 4.75. The van der Waals surface area contributed by atoms with E-state index in [-0.39, 0.29) is 12.1 Å². The molecular weight excluding hydrogens is 264 g/mol. The molecule has 2 unspecified atom stereocenters. The van der Waals surface area contributed by atoms with E-state index in [9.17, 15) is 0 Å². The van der Waals surface area contributed by atoms with Crippen molar-refractivity contribution in [1.29, 1.82) is 0 Å². The van der Waals surface area contributed by atoms with Gasteiger partial charge in [0.1, 0.15) is 10.0 Å². The molecule has 0 aliphatic rings. The lowest BCUT2D eigenvalue weighted by atomic mass is 10.3. The van der Waals surface area contributed by atoms with Gasteiger partial charge in [-0.05, 0) is 20.8 Å². The van der Waals surface area contributed by atoms with E-state index in [0.717, 1.165) is 22.3 Å². The molecule has 0 spiro atoms. The molecule has 0 aliphatic carbocycles. The van der Waals surface area contributed by atoms with Crippen molar-refractivity contribution in [3.05, 3.63) is 32.2 Å². The molecule has 3 N–H and O–H groups in total. The minimum Gasteiger partial charge on any atom is -0.322 e. The number of nitrogens with two attached hydrogens (primary N) is 1. The van der Waals surface area contributed by atoms with E-state index in [1.807, 2.05) is 13.1 Å². The van der Waals surface area contributed by atoms with Gasteiger partial charge in [-0.2, -0.15) is 0 Å². The molecule has 0 amide bonds. The lowest BCUT2D eigenvalue weighted by Crippen LogP contribution is -2.18. The van der Waals surface area contributed by atoms with Gasteiger partial charge in [0.15, 0.2) is 0 Å². The van der Waals surface area contributed by atoms with Gasteiger partial charge in [0.25, 0.3) is 0 Å². The normalized spacial score (nSPS) is 14.7. The summed E-state index contributed by atoms with van der Waals surface area (Å²) in [6.07, 6.45) is 1.91. The minimum absolute atomic E-state index is 0.0165. The molecule has 0 saturated heterocycles. The van der Waals surface area contributed by atoms with Gasteiger partial charge < -0.3 is 11.1 Å². The van der Waals surface area contributed by atoms with Crippen molar-refractivity contribution in [3.8, 4) is 0 Å². The van der Waals surface area contributed by atoms with Gasteiger partial charge in [-0.1, -0.05) is 0 Å². The van der Waals surface area contributed by atoms with Crippen LogP contribution in [0, 0.1) is 6.92 Å². The number of thiazole rings is 2. The van der Waals surface area contributed by atoms with Gasteiger partial charge in [0.05, 0.1) is 17.8 Å². The monoisotopic (exact) mass is 282 g/mol. The second-order valence-electron chi connectivity index (χ2n) is 4.38. The van der Waals surface area contributed by atoms with Gasteiger partial charge in [-0.25, -0.2) is 9.97 Å². The predicted octanol–water partition coefficient (Wildman–Crippen LogP) is 2.78. The summed E-state index contributed by atoms with van der Waals surface area (Å²) in [6, 6.07) is 0.270. The van der Waals surface area contributed by atoms with Gasteiger partial charge >= 0.3 is 0 Å². The van der Waals surface area contributed by atoms with Gasteiger partial charge in [0, 0.05) is 23.0 Å². The first-order valence-electron chi connectivity index (χ1n) is 5.92. The number of hydrogen-bond donors (Lipinski definition) is 2. The Morgan fingerprint density at radius 2 is 2.17 bits per heavy atom. The molecule has 6 heteroatoms. The first-order valence-corrected chi connectivity index (χ1v) is 7.61. The first-order chi connectivity index (χ1) is 8.56. The molecule has 2 heterocycles. The topological polar surface area (TPSA) is 63.8 Å². The van der Waals surface area contributed by atoms with Crippen LogP contribution >= 0.6 is 22.7 Å². The number of aromatic nitrogens is 2. The average Bonchev–Trinajstić information content (AvgIpc) is 2.94. The summed E-state index contributed by atoms with van der Waals surface area (Å²) >= 11 is 3.35. The Kier molecular flexibility index (Phi) is 4.45. The number of hydrogen-bond acceptors (Lipinski definition) is 6. The van der Waals surface area contributed by atoms with Crippen molar-refractivity contribution < 1.29 is 0 Å². The van der Waals surface area contributed by atoms with E-state index < -0.39 is 0 Å². The highest BCUT2D eigenvalue weighted by Crippen LogP contribution is 2.20. The molecule has 0 fully saturated rings. The highest BCUT2D eigenvalue weighted by atomic mass is 32.1. The van der Waals surface area contributed by atoms with Crippen LogP contribution in [-0.2, 0) is 6.54 Å². The van der Waals surface area contributed by atoms with Crippen LogP contribution in [-0.4, -0.2) is 9.97 Å². The van der Waals surface area contributed by atoms with Crippen LogP contribution in [0.15, 0.2) is 11.6 Å². The van der Waals surface area contributed by atoms with E-state index in [1.54, 1.807) is 22.7 Å². The molecule has 98 valence electrons. The lowest BCUT2D eigenvalue weighted by molar-refractivity contribution is 0.565. The van der Waals surface area contributed by atoms with Crippen LogP contribution in [0.4, 0.5) is 0 Å². The molecule has 0 saturated carbocycles. The fourth-order valence-corrected chi connectivity index (χ4v) is 3.11. The number of aryl methyl sites for hydroxylation is 1. The number of rotatable bonds is 5. The molecule has 2 rings (SSSR count). The van der Waals surface area contributed by atoms with Crippen LogP contribution in [0.3, 0.4) is 0 Å². The quantitative estimate of drug-likeness (QED) is 0.885. The smallest absolute Gasteiger partial charge is 0.109 e. The molecule has 0 radical (unpaired) electrons. The standard InChI is InChI=1S/C12H18N4S2/c1-7-4-15-12(18-7)9(3)14-5-10-6-17-11(16-10)8(2)13/h4,6,8-9,14H,5,13H2,1-3H3. The summed E-state index contributed by atoms with van der Waals surface area (Å²) in [5.41, 5.74) is 6.84. The number of nitrogens with one attached hydrogen (secondary N) is 1. The van der Waals surface area contributed by atoms with Crippen LogP contribution in [0.2, 0.25) is 0 Å². The largest absolute Gasteiger partial charge is 0.322 e. The maximum atomic E-state index is 5.80. The second-order valence-corrected chi connectivity index (χ2v) is 6.53. The van der Waals surface area contributed by atoms with Crippen LogP contribution in [0.1, 0.15) is 46.5 Å². The van der Waals surface area contributed by atoms with Crippen molar-refractivity contribution in [2.45, 2.75) is 39.4 Å². The van der Waals surface area contributed by atoms with E-state index in [0.29, 0.717) is 0 Å². The molecule has 0 aromatic carbocycles. The number of nitrogens with zero attached hydrogens (tertiary/aromatic N) is 2. The summed E-state index contributed by atoms with van der Waals surface area (Å²) in [5, 5.41) is 7.60. The van der Waals surface area contributed by atoms with Crippen molar-refractivity contribution in [2.75, 3.05) is 0 Å². The fraction of sp³-hybridized carbons (Fsp3) is 0.500. The van der Waals surface area contributed by atoms with E-state index >= 15 is 0 Å². The maximum absolute atomic E-state index is 5.80. The van der Waals surface area contributed by atoms with Crippen LogP contribution in [0.25, 0.3) is 0 Å². The zero-order chi connectivity index (χ0) is 13.1. The minimum atomic E-state index is 0.0165. The highest BCUT2D eigenvalue weighted by molar-refractivity contribution is 7.11. The molecular formula is C12H18N4S2. The summed E-state index contributed by atoms with van der Waals surface area (Å²) < 4.78 is 0. The van der Waals surface area contributed by atoms with Gasteiger partial charge in [0.2, 0.25) is 0 Å². The van der Waals surface area contributed by atoms with Crippen molar-refractivity contribution in [1.82, 2.24) is 15.3 Å². The molecule has 18 heavy (non-hydrogen) atoms. The van der Waals surface area contributed by atoms with Gasteiger partial charge in [-0.3, -0.25) is 0 Å². The second kappa shape index (κ2) is 5.88. The van der Waals surface area contributed by atoms with Gasteiger partial charge in [-0.15, -0.1) is 22.7 Å². The summed E-state index contributed by atoms with van der Waals surface area (Å²) in [7, 11) is 0. The predicted molar refractivity (Wildman–Crippen MR) is 76.8 cm³/mol. The fourth-order valence-electron chi connectivity index (χ4n) is 1.53. The molecule has 4 nitrogen and oxygen atoms in total. The molecule has 2 aromatic heterocycles. The van der Waals surface area contributed by atoms with Crippen molar-refractivity contribution in [3.63, 3.8) is 0 Å². The molecule has 0 bridgehead atoms. The van der Waals surface area contributed by atoms with E-state index in [1.165, 1.54) is 4.88 Å². The Hall–Kier alpha value is -0.820. The zero-order valence-corrected chi connectivity index (χ0v) is 12.4. The average molecular weight is 282 g/mol. The third kappa shape index (κ3) is 3.35. The van der Waals surface area contributed by atoms with Crippen molar-refractivity contribution >= 4 is 22.7 Å². The summed E-state index contributed by atoms with van der Waals surface area (Å²) in [5.74, 6) is 0. The van der Waals surface area contributed by atoms with E-state index in [2.05, 4.69) is 34.5 Å². The Morgan fingerprint density at radius 1 is 1.39 bits per heavy atom. The molecule has 2 atom stereocenters. The molecule has 0 aliphatic heterocycles. The zero-order valence-electron chi connectivity index (χ0n) is 10.8. The lowest BCUT2D eigenvalue weighted by Gasteiger charge is -2.09. The molecule has 2 aromatic rings. The van der Waals surface area contributed by atoms with Crippen LogP contribution in [0.5, 0.6) is 0 Å². The Balaban J connectivity index is 1.90. The first kappa shape index (κ1) is 13.6.